The van der Waals surface area contributed by atoms with Crippen molar-refractivity contribution in [2.24, 2.45) is 5.16 Å². The second-order valence-corrected chi connectivity index (χ2v) is 13.6. The number of benzene rings is 1. The van der Waals surface area contributed by atoms with Gasteiger partial charge in [-0.3, -0.25) is 24.6 Å². The number of β-lactam (4-membered cyclic amide) rings is 1. The molecule has 52 heavy (non-hydrogen) atoms. The first-order valence-electron chi connectivity index (χ1n) is 15.3. The predicted octanol–water partition coefficient (Wildman–Crippen LogP) is -1.02. The summed E-state index contributed by atoms with van der Waals surface area (Å²) in [5, 5.41) is 24.8. The molecule has 3 amide bonds. The van der Waals surface area contributed by atoms with Crippen molar-refractivity contribution in [3.63, 3.8) is 0 Å². The van der Waals surface area contributed by atoms with Crippen LogP contribution < -0.4 is 30.8 Å². The summed E-state index contributed by atoms with van der Waals surface area (Å²) in [5.74, 6) is -3.12. The molecule has 2 aliphatic rings. The van der Waals surface area contributed by atoms with Gasteiger partial charge in [-0.15, -0.1) is 11.8 Å². The van der Waals surface area contributed by atoms with Crippen LogP contribution in [-0.2, 0) is 46.7 Å². The number of nitrogen functional groups attached to an aromatic ring is 1. The summed E-state index contributed by atoms with van der Waals surface area (Å²) in [6.45, 7) is 2.72. The van der Waals surface area contributed by atoms with Crippen molar-refractivity contribution >= 4 is 75.8 Å². The highest BCUT2D eigenvalue weighted by Crippen LogP contribution is 2.40. The number of carboxylic acids is 1. The molecule has 3 aromatic heterocycles. The zero-order chi connectivity index (χ0) is 37.2. The van der Waals surface area contributed by atoms with Crippen LogP contribution in [0.4, 0.5) is 10.9 Å². The maximum atomic E-state index is 13.6. The van der Waals surface area contributed by atoms with Gasteiger partial charge in [0.05, 0.1) is 25.0 Å². The fourth-order valence-electron chi connectivity index (χ4n) is 5.29. The first-order valence-corrected chi connectivity index (χ1v) is 17.1. The maximum Gasteiger partial charge on any atom is 0.353 e. The molecule has 0 spiro atoms. The van der Waals surface area contributed by atoms with Crippen LogP contribution in [0.25, 0.3) is 5.65 Å². The zero-order valence-corrected chi connectivity index (χ0v) is 29.3. The first kappa shape index (κ1) is 35.7. The van der Waals surface area contributed by atoms with E-state index in [1.54, 1.807) is 47.2 Å². The largest absolute Gasteiger partial charge is 0.543 e. The maximum absolute atomic E-state index is 13.6. The molecule has 6 rings (SSSR count). The number of aromatic nitrogens is 5. The molecule has 1 saturated heterocycles. The van der Waals surface area contributed by atoms with Gasteiger partial charge in [-0.25, -0.2) is 9.36 Å². The minimum absolute atomic E-state index is 0.0115. The number of nitrogens with one attached hydrogen (secondary N) is 2. The van der Waals surface area contributed by atoms with Crippen LogP contribution in [0.3, 0.4) is 0 Å². The molecule has 0 unspecified atom stereocenters. The van der Waals surface area contributed by atoms with E-state index in [1.807, 2.05) is 0 Å². The molecule has 0 saturated carbocycles. The third-order valence-corrected chi connectivity index (χ3v) is 9.76. The number of oxime groups is 1. The molecule has 4 aromatic rings. The second kappa shape index (κ2) is 14.6. The SMILES string of the molecule is COc1ccc(COC(=O)C(C)(C)O/N=C(\C(=O)N[C@@H]2C(=O)N3C(C(=O)[O-])=C(C[n+]4cc(NC=O)n5ncccc54)CS[C@H]23)c2nsc(N)n2)cc1. The van der Waals surface area contributed by atoms with Crippen molar-refractivity contribution in [1.29, 1.82) is 0 Å². The fraction of sp³-hybridized carbons (Fsp3) is 0.290. The highest BCUT2D eigenvalue weighted by atomic mass is 32.2. The van der Waals surface area contributed by atoms with E-state index in [0.29, 0.717) is 34.8 Å². The molecule has 0 radical (unpaired) electrons. The molecule has 1 fully saturated rings. The number of carbonyl (C=O) groups is 5. The molecule has 2 atom stereocenters. The Kier molecular flexibility index (Phi) is 10.1. The molecule has 5 heterocycles. The number of carboxylic acid groups (broad SMARTS) is 1. The summed E-state index contributed by atoms with van der Waals surface area (Å²) < 4.78 is 17.7. The van der Waals surface area contributed by atoms with Gasteiger partial charge in [0.15, 0.2) is 11.3 Å². The molecular formula is C31H30N10O9S2. The standard InChI is InChI=1S/C31H30N10O9S2/c1-31(2,29(47)49-13-16-6-8-18(48-3)9-7-16)50-37-21(24-36-30(32)52-38-24)25(43)35-22-26(44)40-23(28(45)46)17(14-51-27(22)40)11-39-12-19(33-15-42)41-20(39)5-4-10-34-41/h4-10,12,15,22,27H,11,13-14H2,1-3H3,(H4-,32,33,34,35,36,38,42,43,45,46)/b37-21-/t22-,27-/m1/s1. The number of amides is 3. The van der Waals surface area contributed by atoms with Gasteiger partial charge in [0, 0.05) is 28.9 Å². The van der Waals surface area contributed by atoms with Crippen LogP contribution in [0.1, 0.15) is 25.2 Å². The number of rotatable bonds is 14. The van der Waals surface area contributed by atoms with Crippen molar-refractivity contribution in [3.8, 4) is 5.75 Å². The number of carbonyl (C=O) groups excluding carboxylic acids is 5. The molecular weight excluding hydrogens is 721 g/mol. The number of hydrogen-bond acceptors (Lipinski definition) is 16. The van der Waals surface area contributed by atoms with Crippen LogP contribution >= 0.6 is 23.3 Å². The predicted molar refractivity (Wildman–Crippen MR) is 181 cm³/mol. The molecule has 19 nitrogen and oxygen atoms in total. The number of nitrogens with zero attached hydrogens (tertiary/aromatic N) is 7. The van der Waals surface area contributed by atoms with Gasteiger partial charge in [-0.05, 0) is 37.6 Å². The number of fused-ring (bicyclic) bond motifs is 2. The Morgan fingerprint density at radius 2 is 2.00 bits per heavy atom. The van der Waals surface area contributed by atoms with E-state index in [-0.39, 0.29) is 35.6 Å². The molecule has 2 aliphatic heterocycles. The van der Waals surface area contributed by atoms with Gasteiger partial charge in [0.2, 0.25) is 23.5 Å². The molecule has 270 valence electrons. The van der Waals surface area contributed by atoms with Gasteiger partial charge in [0.1, 0.15) is 30.3 Å². The molecule has 0 bridgehead atoms. The van der Waals surface area contributed by atoms with E-state index < -0.39 is 46.5 Å². The van der Waals surface area contributed by atoms with Crippen molar-refractivity contribution in [1.82, 2.24) is 29.2 Å². The highest BCUT2D eigenvalue weighted by molar-refractivity contribution is 8.00. The Labute approximate surface area is 302 Å². The van der Waals surface area contributed by atoms with Crippen molar-refractivity contribution < 1.29 is 48.0 Å². The minimum Gasteiger partial charge on any atom is -0.543 e. The van der Waals surface area contributed by atoms with Crippen LogP contribution in [0.15, 0.2) is 65.2 Å². The number of imidazole rings is 1. The lowest BCUT2D eigenvalue weighted by Gasteiger charge is -2.50. The Morgan fingerprint density at radius 1 is 1.23 bits per heavy atom. The fourth-order valence-corrected chi connectivity index (χ4v) is 7.06. The van der Waals surface area contributed by atoms with E-state index in [9.17, 15) is 29.1 Å². The van der Waals surface area contributed by atoms with Gasteiger partial charge >= 0.3 is 11.6 Å². The Balaban J connectivity index is 1.17. The van der Waals surface area contributed by atoms with Crippen LogP contribution in [0.2, 0.25) is 0 Å². The van der Waals surface area contributed by atoms with Crippen molar-refractivity contribution in [2.45, 2.75) is 44.0 Å². The normalized spacial score (nSPS) is 17.2. The van der Waals surface area contributed by atoms with E-state index in [2.05, 4.69) is 30.2 Å². The summed E-state index contributed by atoms with van der Waals surface area (Å²) in [4.78, 5) is 74.1. The van der Waals surface area contributed by atoms with Gasteiger partial charge in [0.25, 0.3) is 17.6 Å². The van der Waals surface area contributed by atoms with Gasteiger partial charge < -0.3 is 35.3 Å². The first-order chi connectivity index (χ1) is 24.9. The third-order valence-electron chi connectivity index (χ3n) is 7.88. The monoisotopic (exact) mass is 750 g/mol. The van der Waals surface area contributed by atoms with E-state index in [1.165, 1.54) is 43.4 Å². The molecule has 0 aliphatic carbocycles. The Bertz CT molecular complexity index is 2130. The summed E-state index contributed by atoms with van der Waals surface area (Å²) in [7, 11) is 1.53. The molecule has 21 heteroatoms. The number of thioether (sulfide) groups is 1. The molecule has 4 N–H and O–H groups in total. The van der Waals surface area contributed by atoms with Crippen molar-refractivity contribution in [2.75, 3.05) is 23.9 Å². The number of methoxy groups -OCH3 is 1. The number of aliphatic carboxylic acids is 1. The third kappa shape index (κ3) is 7.07. The number of anilines is 2. The van der Waals surface area contributed by atoms with Crippen LogP contribution in [-0.4, -0.2) is 89.6 Å². The number of nitrogens with two attached hydrogens (primary N) is 1. The van der Waals surface area contributed by atoms with Crippen molar-refractivity contribution in [3.05, 3.63) is 71.4 Å². The lowest BCUT2D eigenvalue weighted by molar-refractivity contribution is -0.662. The van der Waals surface area contributed by atoms with E-state index in [0.717, 1.165) is 16.4 Å². The summed E-state index contributed by atoms with van der Waals surface area (Å²) in [5.41, 5.74) is 4.83. The Morgan fingerprint density at radius 3 is 2.67 bits per heavy atom. The van der Waals surface area contributed by atoms with Crippen LogP contribution in [0.5, 0.6) is 5.75 Å². The highest BCUT2D eigenvalue weighted by Gasteiger charge is 2.53. The lowest BCUT2D eigenvalue weighted by Crippen LogP contribution is -2.71. The topological polar surface area (TPSA) is 249 Å². The zero-order valence-electron chi connectivity index (χ0n) is 27.7. The van der Waals surface area contributed by atoms with Crippen LogP contribution in [0, 0.1) is 0 Å². The second-order valence-electron chi connectivity index (χ2n) is 11.7. The Hall–Kier alpha value is -6.09. The number of hydrogen-bond donors (Lipinski definition) is 3. The van der Waals surface area contributed by atoms with E-state index >= 15 is 0 Å². The lowest BCUT2D eigenvalue weighted by atomic mass is 10.0. The number of ether oxygens (including phenoxy) is 2. The minimum atomic E-state index is -1.68. The summed E-state index contributed by atoms with van der Waals surface area (Å²) >= 11 is 2.00. The average Bonchev–Trinajstić information content (AvgIpc) is 3.72. The van der Waals surface area contributed by atoms with Gasteiger partial charge in [-0.2, -0.15) is 9.36 Å². The smallest absolute Gasteiger partial charge is 0.353 e. The summed E-state index contributed by atoms with van der Waals surface area (Å²) in [6, 6.07) is 9.11. The van der Waals surface area contributed by atoms with Gasteiger partial charge in [-0.1, -0.05) is 26.9 Å². The average molecular weight is 751 g/mol. The summed E-state index contributed by atoms with van der Waals surface area (Å²) in [6.07, 6.45) is 3.59. The molecule has 1 aromatic carbocycles. The quantitative estimate of drug-likeness (QED) is 0.0349. The van der Waals surface area contributed by atoms with E-state index in [4.69, 9.17) is 20.0 Å². The number of esters is 1.